The molecule has 3 nitrogen and oxygen atoms in total. The second-order valence-corrected chi connectivity index (χ2v) is 2.33. The molecule has 0 saturated heterocycles. The van der Waals surface area contributed by atoms with Crippen LogP contribution in [-0.4, -0.2) is 30.4 Å². The highest BCUT2D eigenvalue weighted by atomic mass is 32.1. The van der Waals surface area contributed by atoms with Gasteiger partial charge in [-0.3, -0.25) is 9.63 Å². The summed E-state index contributed by atoms with van der Waals surface area (Å²) in [6, 6.07) is 0. The third-order valence-electron chi connectivity index (χ3n) is 1.09. The van der Waals surface area contributed by atoms with Crippen LogP contribution >= 0.6 is 12.6 Å². The van der Waals surface area contributed by atoms with Crippen molar-refractivity contribution in [2.75, 3.05) is 19.4 Å². The van der Waals surface area contributed by atoms with Crippen LogP contribution in [0.3, 0.4) is 0 Å². The van der Waals surface area contributed by atoms with Gasteiger partial charge in [-0.15, -0.1) is 0 Å². The van der Waals surface area contributed by atoms with Gasteiger partial charge in [0.1, 0.15) is 0 Å². The van der Waals surface area contributed by atoms with Crippen molar-refractivity contribution in [2.24, 2.45) is 0 Å². The lowest BCUT2D eigenvalue weighted by Gasteiger charge is -2.16. The molecule has 60 valence electrons. The molecular formula is C6H13NO2S. The highest BCUT2D eigenvalue weighted by molar-refractivity contribution is 7.80. The number of amides is 1. The van der Waals surface area contributed by atoms with Gasteiger partial charge < -0.3 is 0 Å². The fraction of sp³-hybridized carbons (Fsp3) is 0.833. The molecule has 0 fully saturated rings. The number of thiol groups is 1. The molecule has 0 N–H and O–H groups in total. The molecule has 0 saturated carbocycles. The van der Waals surface area contributed by atoms with Gasteiger partial charge in [0.05, 0.1) is 7.11 Å². The van der Waals surface area contributed by atoms with Gasteiger partial charge in [-0.2, -0.15) is 12.6 Å². The average molecular weight is 163 g/mol. The van der Waals surface area contributed by atoms with Gasteiger partial charge in [-0.1, -0.05) is 0 Å². The van der Waals surface area contributed by atoms with Crippen molar-refractivity contribution in [1.82, 2.24) is 5.06 Å². The predicted molar refractivity (Wildman–Crippen MR) is 42.9 cm³/mol. The van der Waals surface area contributed by atoms with Gasteiger partial charge >= 0.3 is 0 Å². The van der Waals surface area contributed by atoms with Crippen LogP contribution in [0.15, 0.2) is 0 Å². The van der Waals surface area contributed by atoms with Crippen molar-refractivity contribution < 1.29 is 9.63 Å². The van der Waals surface area contributed by atoms with Crippen LogP contribution in [0.5, 0.6) is 0 Å². The molecule has 0 aromatic carbocycles. The molecule has 0 aliphatic rings. The molecule has 0 spiro atoms. The zero-order valence-electron chi connectivity index (χ0n) is 6.33. The summed E-state index contributed by atoms with van der Waals surface area (Å²) < 4.78 is 0. The molecule has 1 amide bonds. The zero-order chi connectivity index (χ0) is 7.98. The van der Waals surface area contributed by atoms with E-state index in [0.29, 0.717) is 6.54 Å². The molecule has 0 atom stereocenters. The predicted octanol–water partition coefficient (Wildman–Crippen LogP) is 0.716. The molecule has 0 bridgehead atoms. The monoisotopic (exact) mass is 163 g/mol. The van der Waals surface area contributed by atoms with E-state index in [2.05, 4.69) is 12.6 Å². The van der Waals surface area contributed by atoms with Crippen molar-refractivity contribution in [3.8, 4) is 0 Å². The number of carbonyl (C=O) groups excluding carboxylic acids is 1. The second kappa shape index (κ2) is 5.56. The quantitative estimate of drug-likeness (QED) is 0.489. The minimum Gasteiger partial charge on any atom is -0.274 e. The van der Waals surface area contributed by atoms with Gasteiger partial charge in [0.2, 0.25) is 5.91 Å². The number of nitrogens with zero attached hydrogens (tertiary/aromatic N) is 1. The Bertz CT molecular complexity index is 108. The Morgan fingerprint density at radius 1 is 1.70 bits per heavy atom. The van der Waals surface area contributed by atoms with Crippen molar-refractivity contribution in [2.45, 2.75) is 13.3 Å². The van der Waals surface area contributed by atoms with Gasteiger partial charge in [-0.25, -0.2) is 5.06 Å². The maximum absolute atomic E-state index is 10.7. The number of hydrogen-bond donors (Lipinski definition) is 1. The first-order valence-corrected chi connectivity index (χ1v) is 3.78. The van der Waals surface area contributed by atoms with Crippen LogP contribution in [0, 0.1) is 0 Å². The third-order valence-corrected chi connectivity index (χ3v) is 1.41. The Hall–Kier alpha value is -0.220. The minimum absolute atomic E-state index is 0.0655. The first kappa shape index (κ1) is 9.78. The summed E-state index contributed by atoms with van der Waals surface area (Å²) in [5.41, 5.74) is 0. The Balaban J connectivity index is 3.50. The van der Waals surface area contributed by atoms with Crippen LogP contribution in [0.25, 0.3) is 0 Å². The van der Waals surface area contributed by atoms with E-state index in [4.69, 9.17) is 4.84 Å². The molecule has 0 heterocycles. The lowest BCUT2D eigenvalue weighted by molar-refractivity contribution is -0.173. The van der Waals surface area contributed by atoms with E-state index in [9.17, 15) is 4.79 Å². The van der Waals surface area contributed by atoms with E-state index in [1.54, 1.807) is 0 Å². The molecule has 10 heavy (non-hydrogen) atoms. The van der Waals surface area contributed by atoms with Gasteiger partial charge in [-0.05, 0) is 12.2 Å². The van der Waals surface area contributed by atoms with Crippen LogP contribution < -0.4 is 0 Å². The summed E-state index contributed by atoms with van der Waals surface area (Å²) in [7, 11) is 1.49. The van der Waals surface area contributed by atoms with E-state index in [-0.39, 0.29) is 5.91 Å². The van der Waals surface area contributed by atoms with Crippen LogP contribution in [-0.2, 0) is 9.63 Å². The Kier molecular flexibility index (Phi) is 5.43. The normalized spacial score (nSPS) is 9.50. The SMILES string of the molecule is CON(CCCS)C(C)=O. The van der Waals surface area contributed by atoms with E-state index in [0.717, 1.165) is 12.2 Å². The number of hydroxylamine groups is 2. The molecule has 0 aliphatic heterocycles. The fourth-order valence-electron chi connectivity index (χ4n) is 0.592. The van der Waals surface area contributed by atoms with E-state index in [1.807, 2.05) is 0 Å². The maximum atomic E-state index is 10.7. The van der Waals surface area contributed by atoms with E-state index < -0.39 is 0 Å². The Labute approximate surface area is 66.7 Å². The summed E-state index contributed by atoms with van der Waals surface area (Å²) >= 11 is 4.01. The fourth-order valence-corrected chi connectivity index (χ4v) is 0.733. The smallest absolute Gasteiger partial charge is 0.242 e. The minimum atomic E-state index is -0.0655. The van der Waals surface area contributed by atoms with Crippen molar-refractivity contribution in [3.63, 3.8) is 0 Å². The summed E-state index contributed by atoms with van der Waals surface area (Å²) in [5.74, 6) is 0.705. The zero-order valence-corrected chi connectivity index (χ0v) is 7.23. The van der Waals surface area contributed by atoms with Gasteiger partial charge in [0, 0.05) is 13.5 Å². The van der Waals surface area contributed by atoms with Crippen LogP contribution in [0.1, 0.15) is 13.3 Å². The third kappa shape index (κ3) is 3.74. The van der Waals surface area contributed by atoms with Crippen molar-refractivity contribution in [1.29, 1.82) is 0 Å². The highest BCUT2D eigenvalue weighted by Crippen LogP contribution is 1.93. The molecule has 4 heteroatoms. The molecule has 0 aromatic rings. The molecular weight excluding hydrogens is 150 g/mol. The molecule has 0 aliphatic carbocycles. The number of hydrogen-bond acceptors (Lipinski definition) is 3. The standard InChI is InChI=1S/C6H13NO2S/c1-6(8)7(9-2)4-3-5-10/h10H,3-5H2,1-2H3. The van der Waals surface area contributed by atoms with Crippen molar-refractivity contribution >= 4 is 18.5 Å². The topological polar surface area (TPSA) is 29.5 Å². The molecule has 0 aromatic heterocycles. The lowest BCUT2D eigenvalue weighted by Crippen LogP contribution is -2.28. The first-order valence-electron chi connectivity index (χ1n) is 3.15. The molecule has 0 radical (unpaired) electrons. The summed E-state index contributed by atoms with van der Waals surface area (Å²) in [6.07, 6.45) is 0.858. The number of rotatable bonds is 4. The van der Waals surface area contributed by atoms with Crippen LogP contribution in [0.4, 0.5) is 0 Å². The Morgan fingerprint density at radius 2 is 2.30 bits per heavy atom. The average Bonchev–Trinajstić information content (AvgIpc) is 1.89. The van der Waals surface area contributed by atoms with E-state index in [1.165, 1.54) is 19.1 Å². The van der Waals surface area contributed by atoms with Crippen LogP contribution in [0.2, 0.25) is 0 Å². The second-order valence-electron chi connectivity index (χ2n) is 1.88. The molecule has 0 unspecified atom stereocenters. The van der Waals surface area contributed by atoms with Gasteiger partial charge in [0.15, 0.2) is 0 Å². The summed E-state index contributed by atoms with van der Waals surface area (Å²) in [6.45, 7) is 2.09. The van der Waals surface area contributed by atoms with E-state index >= 15 is 0 Å². The largest absolute Gasteiger partial charge is 0.274 e. The lowest BCUT2D eigenvalue weighted by atomic mass is 10.4. The summed E-state index contributed by atoms with van der Waals surface area (Å²) in [4.78, 5) is 15.4. The number of carbonyl (C=O) groups is 1. The maximum Gasteiger partial charge on any atom is 0.242 e. The Morgan fingerprint density at radius 3 is 2.60 bits per heavy atom. The van der Waals surface area contributed by atoms with Gasteiger partial charge in [0.25, 0.3) is 0 Å². The first-order chi connectivity index (χ1) is 4.72. The molecule has 0 rings (SSSR count). The summed E-state index contributed by atoms with van der Waals surface area (Å²) in [5, 5.41) is 1.32. The highest BCUT2D eigenvalue weighted by Gasteiger charge is 2.04. The van der Waals surface area contributed by atoms with Crippen molar-refractivity contribution in [3.05, 3.63) is 0 Å².